The molecule has 5 saturated carbocycles. The Kier molecular flexibility index (Phi) is 4.71. The van der Waals surface area contributed by atoms with E-state index < -0.39 is 16.4 Å². The molecule has 3 aromatic carbocycles. The zero-order valence-corrected chi connectivity index (χ0v) is 21.0. The Hall–Kier alpha value is -3.20. The average Bonchev–Trinajstić information content (AvgIpc) is 2.84. The number of carbonyl (C=O) groups is 2. The van der Waals surface area contributed by atoms with E-state index in [1.54, 1.807) is 0 Å². The summed E-state index contributed by atoms with van der Waals surface area (Å²) in [6, 6.07) is 27.1. The molecule has 0 aromatic heterocycles. The molecule has 4 bridgehead atoms. The number of aryl methyl sites for hydroxylation is 2. The molecule has 6 atom stereocenters. The molecular formula is C32H33NO2. The Bertz CT molecular complexity index is 1310. The Morgan fingerprint density at radius 3 is 1.86 bits per heavy atom. The number of Topliss-reactive ketones (excluding diaryl/α,β-unsaturated/α-hetero) is 2. The molecule has 8 rings (SSSR count). The van der Waals surface area contributed by atoms with Gasteiger partial charge in [0.05, 0.1) is 0 Å². The Morgan fingerprint density at radius 2 is 1.29 bits per heavy atom. The Morgan fingerprint density at radius 1 is 0.743 bits per heavy atom. The molecule has 0 unspecified atom stereocenters. The van der Waals surface area contributed by atoms with Gasteiger partial charge in [0.1, 0.15) is 11.3 Å². The lowest BCUT2D eigenvalue weighted by Crippen LogP contribution is -2.81. The highest BCUT2D eigenvalue weighted by Crippen LogP contribution is 2.74. The van der Waals surface area contributed by atoms with Crippen LogP contribution in [0.4, 0.5) is 5.69 Å². The van der Waals surface area contributed by atoms with Crippen LogP contribution < -0.4 is 5.32 Å². The molecule has 5 aliphatic rings. The van der Waals surface area contributed by atoms with Crippen LogP contribution in [0, 0.1) is 30.6 Å². The van der Waals surface area contributed by atoms with Crippen molar-refractivity contribution in [2.24, 2.45) is 16.7 Å². The molecule has 5 fully saturated rings. The zero-order valence-electron chi connectivity index (χ0n) is 21.0. The van der Waals surface area contributed by atoms with Crippen molar-refractivity contribution in [2.75, 3.05) is 5.32 Å². The second-order valence-electron chi connectivity index (χ2n) is 11.5. The molecule has 0 amide bonds. The van der Waals surface area contributed by atoms with Crippen molar-refractivity contribution in [2.45, 2.75) is 57.9 Å². The summed E-state index contributed by atoms with van der Waals surface area (Å²) < 4.78 is 0. The van der Waals surface area contributed by atoms with Crippen LogP contribution in [0.1, 0.15) is 60.8 Å². The quantitative estimate of drug-likeness (QED) is 0.474. The molecule has 0 saturated heterocycles. The third-order valence-corrected chi connectivity index (χ3v) is 9.71. The van der Waals surface area contributed by atoms with E-state index in [0.29, 0.717) is 12.8 Å². The molecule has 3 aromatic rings. The minimum Gasteiger partial charge on any atom is -0.372 e. The first kappa shape index (κ1) is 22.3. The second kappa shape index (κ2) is 7.40. The number of nitrogens with one attached hydrogen (secondary N) is 1. The molecule has 0 aliphatic heterocycles. The first-order chi connectivity index (χ1) is 16.7. The predicted octanol–water partition coefficient (Wildman–Crippen LogP) is 6.61. The standard InChI is InChI=1S/C32H33NO2/c1-20-15-21(2)17-24(16-20)33-32-26-18-25(22-11-7-5-8-12-22)31(4,29(32)35)30(3,28(26)34)19-27(32)23-13-9-6-10-14-23/h5-17,25-27,33H,18-19H2,1-4H3/t25-,26-,27+,30-,31+,32-/m0/s1. The number of carbonyl (C=O) groups excluding carboxylic acids is 2. The van der Waals surface area contributed by atoms with Crippen LogP contribution >= 0.6 is 0 Å². The lowest BCUT2D eigenvalue weighted by molar-refractivity contribution is -0.192. The number of fused-ring (bicyclic) bond motifs is 2. The summed E-state index contributed by atoms with van der Waals surface area (Å²) in [4.78, 5) is 29.2. The smallest absolute Gasteiger partial charge is 0.166 e. The fraction of sp³-hybridized carbons (Fsp3) is 0.375. The van der Waals surface area contributed by atoms with Crippen molar-refractivity contribution >= 4 is 17.3 Å². The maximum absolute atomic E-state index is 15.0. The van der Waals surface area contributed by atoms with Gasteiger partial charge in [-0.2, -0.15) is 0 Å². The zero-order chi connectivity index (χ0) is 24.6. The fourth-order valence-electron chi connectivity index (χ4n) is 8.01. The molecule has 0 heterocycles. The Balaban J connectivity index is 1.58. The number of hydrogen-bond acceptors (Lipinski definition) is 3. The lowest BCUT2D eigenvalue weighted by Gasteiger charge is -2.71. The van der Waals surface area contributed by atoms with Gasteiger partial charge in [-0.3, -0.25) is 9.59 Å². The SMILES string of the molecule is Cc1cc(C)cc(N[C@@]23C(=O)[C@@]4(C)[C@H](c5ccccc5)C[C@H]2C(=O)[C@]4(C)C[C@@H]3c2ccccc2)c1. The van der Waals surface area contributed by atoms with Gasteiger partial charge in [0.15, 0.2) is 5.78 Å². The van der Waals surface area contributed by atoms with Crippen LogP contribution in [0.5, 0.6) is 0 Å². The van der Waals surface area contributed by atoms with Crippen LogP contribution in [-0.2, 0) is 9.59 Å². The first-order valence-electron chi connectivity index (χ1n) is 12.8. The summed E-state index contributed by atoms with van der Waals surface area (Å²) in [6.07, 6.45) is 1.37. The van der Waals surface area contributed by atoms with Gasteiger partial charge in [0, 0.05) is 28.4 Å². The van der Waals surface area contributed by atoms with Crippen LogP contribution in [0.3, 0.4) is 0 Å². The van der Waals surface area contributed by atoms with Gasteiger partial charge in [-0.05, 0) is 67.0 Å². The predicted molar refractivity (Wildman–Crippen MR) is 140 cm³/mol. The van der Waals surface area contributed by atoms with Crippen LogP contribution in [0.15, 0.2) is 78.9 Å². The van der Waals surface area contributed by atoms with Crippen molar-refractivity contribution in [3.8, 4) is 0 Å². The topological polar surface area (TPSA) is 46.2 Å². The van der Waals surface area contributed by atoms with E-state index in [9.17, 15) is 9.59 Å². The van der Waals surface area contributed by atoms with Crippen molar-refractivity contribution < 1.29 is 9.59 Å². The molecule has 3 nitrogen and oxygen atoms in total. The number of rotatable bonds is 4. The van der Waals surface area contributed by atoms with Gasteiger partial charge in [-0.25, -0.2) is 0 Å². The number of benzene rings is 3. The van der Waals surface area contributed by atoms with Gasteiger partial charge in [-0.15, -0.1) is 0 Å². The maximum Gasteiger partial charge on any atom is 0.166 e. The summed E-state index contributed by atoms with van der Waals surface area (Å²) in [5.41, 5.74) is 3.13. The summed E-state index contributed by atoms with van der Waals surface area (Å²) in [6.45, 7) is 8.31. The van der Waals surface area contributed by atoms with E-state index in [0.717, 1.165) is 22.4 Å². The highest BCUT2D eigenvalue weighted by Gasteiger charge is 2.80. The van der Waals surface area contributed by atoms with E-state index in [4.69, 9.17) is 0 Å². The molecule has 178 valence electrons. The molecule has 35 heavy (non-hydrogen) atoms. The number of hydrogen-bond donors (Lipinski definition) is 1. The molecule has 0 radical (unpaired) electrons. The van der Waals surface area contributed by atoms with Crippen molar-refractivity contribution in [3.63, 3.8) is 0 Å². The summed E-state index contributed by atoms with van der Waals surface area (Å²) in [7, 11) is 0. The average molecular weight is 464 g/mol. The number of ketones is 2. The van der Waals surface area contributed by atoms with Crippen molar-refractivity contribution in [1.29, 1.82) is 0 Å². The van der Waals surface area contributed by atoms with E-state index in [1.807, 2.05) is 36.4 Å². The third kappa shape index (κ3) is 2.78. The van der Waals surface area contributed by atoms with Crippen molar-refractivity contribution in [1.82, 2.24) is 0 Å². The monoisotopic (exact) mass is 463 g/mol. The highest BCUT2D eigenvalue weighted by molar-refractivity contribution is 6.14. The van der Waals surface area contributed by atoms with Gasteiger partial charge in [0.25, 0.3) is 0 Å². The molecule has 5 aliphatic carbocycles. The van der Waals surface area contributed by atoms with Crippen molar-refractivity contribution in [3.05, 3.63) is 101 Å². The van der Waals surface area contributed by atoms with Crippen LogP contribution in [0.25, 0.3) is 0 Å². The maximum atomic E-state index is 15.0. The van der Waals surface area contributed by atoms with E-state index in [-0.39, 0.29) is 29.3 Å². The Labute approximate surface area is 208 Å². The van der Waals surface area contributed by atoms with E-state index in [2.05, 4.69) is 75.5 Å². The van der Waals surface area contributed by atoms with E-state index in [1.165, 1.54) is 5.56 Å². The lowest BCUT2D eigenvalue weighted by atomic mass is 9.31. The normalized spacial score (nSPS) is 35.4. The molecule has 0 spiro atoms. The molecule has 3 heteroatoms. The third-order valence-electron chi connectivity index (χ3n) is 9.71. The fourth-order valence-corrected chi connectivity index (χ4v) is 8.01. The minimum atomic E-state index is -0.948. The van der Waals surface area contributed by atoms with Gasteiger partial charge >= 0.3 is 0 Å². The highest BCUT2D eigenvalue weighted by atomic mass is 16.2. The largest absolute Gasteiger partial charge is 0.372 e. The summed E-state index contributed by atoms with van der Waals surface area (Å²) in [5.74, 6) is 0.0726. The van der Waals surface area contributed by atoms with Crippen LogP contribution in [0.2, 0.25) is 0 Å². The van der Waals surface area contributed by atoms with Gasteiger partial charge in [0.2, 0.25) is 0 Å². The number of anilines is 1. The molecule has 1 N–H and O–H groups in total. The minimum absolute atomic E-state index is 0.0368. The van der Waals surface area contributed by atoms with Crippen LogP contribution in [-0.4, -0.2) is 17.1 Å². The van der Waals surface area contributed by atoms with Gasteiger partial charge in [-0.1, -0.05) is 80.6 Å². The summed E-state index contributed by atoms with van der Waals surface area (Å²) in [5, 5.41) is 3.77. The molecular weight excluding hydrogens is 430 g/mol. The second-order valence-corrected chi connectivity index (χ2v) is 11.5. The van der Waals surface area contributed by atoms with Gasteiger partial charge < -0.3 is 5.32 Å². The first-order valence-corrected chi connectivity index (χ1v) is 12.8. The summed E-state index contributed by atoms with van der Waals surface area (Å²) >= 11 is 0. The van der Waals surface area contributed by atoms with E-state index >= 15 is 0 Å².